The molecule has 0 unspecified atom stereocenters. The highest BCUT2D eigenvalue weighted by atomic mass is 79.9. The predicted octanol–water partition coefficient (Wildman–Crippen LogP) is 2.85. The van der Waals surface area contributed by atoms with Crippen LogP contribution in [0.2, 0.25) is 0 Å². The first-order valence-corrected chi connectivity index (χ1v) is 6.38. The van der Waals surface area contributed by atoms with Crippen molar-refractivity contribution in [2.75, 3.05) is 11.9 Å². The van der Waals surface area contributed by atoms with Crippen LogP contribution in [0.4, 0.5) is 5.82 Å². The molecule has 0 aliphatic carbocycles. The van der Waals surface area contributed by atoms with E-state index in [0.29, 0.717) is 0 Å². The SMILES string of the molecule is Cc1cc(NCCCn2cccn2)ncc1Br. The first-order chi connectivity index (χ1) is 8.25. The Labute approximate surface area is 109 Å². The van der Waals surface area contributed by atoms with Gasteiger partial charge in [-0.05, 0) is 47.0 Å². The highest BCUT2D eigenvalue weighted by molar-refractivity contribution is 9.10. The van der Waals surface area contributed by atoms with Crippen molar-refractivity contribution in [2.24, 2.45) is 0 Å². The van der Waals surface area contributed by atoms with Crippen molar-refractivity contribution in [1.82, 2.24) is 14.8 Å². The molecule has 1 N–H and O–H groups in total. The van der Waals surface area contributed by atoms with E-state index in [1.165, 1.54) is 5.56 Å². The molecule has 0 aliphatic heterocycles. The number of nitrogens with one attached hydrogen (secondary N) is 1. The minimum absolute atomic E-state index is 0.897. The van der Waals surface area contributed by atoms with E-state index >= 15 is 0 Å². The maximum atomic E-state index is 4.29. The van der Waals surface area contributed by atoms with Crippen molar-refractivity contribution in [3.05, 3.63) is 40.8 Å². The lowest BCUT2D eigenvalue weighted by Crippen LogP contribution is -2.08. The number of hydrogen-bond donors (Lipinski definition) is 1. The van der Waals surface area contributed by atoms with E-state index in [4.69, 9.17) is 0 Å². The van der Waals surface area contributed by atoms with Gasteiger partial charge in [-0.1, -0.05) is 0 Å². The Morgan fingerprint density at radius 3 is 3.06 bits per heavy atom. The van der Waals surface area contributed by atoms with Gasteiger partial charge < -0.3 is 5.32 Å². The van der Waals surface area contributed by atoms with Crippen LogP contribution in [0.15, 0.2) is 35.2 Å². The number of halogens is 1. The van der Waals surface area contributed by atoms with E-state index in [1.54, 1.807) is 6.20 Å². The number of hydrogen-bond acceptors (Lipinski definition) is 3. The summed E-state index contributed by atoms with van der Waals surface area (Å²) in [6.07, 6.45) is 6.62. The molecule has 5 heteroatoms. The zero-order valence-corrected chi connectivity index (χ0v) is 11.3. The van der Waals surface area contributed by atoms with Gasteiger partial charge in [-0.2, -0.15) is 5.10 Å². The molecule has 0 saturated carbocycles. The Hall–Kier alpha value is -1.36. The van der Waals surface area contributed by atoms with Crippen LogP contribution >= 0.6 is 15.9 Å². The summed E-state index contributed by atoms with van der Waals surface area (Å²) in [4.78, 5) is 4.29. The number of anilines is 1. The van der Waals surface area contributed by atoms with Gasteiger partial charge in [0.25, 0.3) is 0 Å². The van der Waals surface area contributed by atoms with Crippen molar-refractivity contribution < 1.29 is 0 Å². The molecule has 0 saturated heterocycles. The Bertz CT molecular complexity index is 467. The van der Waals surface area contributed by atoms with Crippen LogP contribution in [0.3, 0.4) is 0 Å². The molecule has 0 aliphatic rings. The molecule has 0 atom stereocenters. The molecule has 2 heterocycles. The zero-order valence-electron chi connectivity index (χ0n) is 9.73. The summed E-state index contributed by atoms with van der Waals surface area (Å²) in [6, 6.07) is 3.98. The van der Waals surface area contributed by atoms with Gasteiger partial charge in [-0.3, -0.25) is 4.68 Å². The second-order valence-electron chi connectivity index (χ2n) is 3.87. The third kappa shape index (κ3) is 3.56. The smallest absolute Gasteiger partial charge is 0.126 e. The average molecular weight is 295 g/mol. The van der Waals surface area contributed by atoms with E-state index in [9.17, 15) is 0 Å². The van der Waals surface area contributed by atoms with Crippen LogP contribution in [0.25, 0.3) is 0 Å². The van der Waals surface area contributed by atoms with E-state index < -0.39 is 0 Å². The fourth-order valence-corrected chi connectivity index (χ4v) is 1.74. The molecular formula is C12H15BrN4. The largest absolute Gasteiger partial charge is 0.370 e. The number of aromatic nitrogens is 3. The van der Waals surface area contributed by atoms with Crippen molar-refractivity contribution in [3.8, 4) is 0 Å². The molecule has 17 heavy (non-hydrogen) atoms. The second-order valence-corrected chi connectivity index (χ2v) is 4.72. The molecule has 0 radical (unpaired) electrons. The lowest BCUT2D eigenvalue weighted by Gasteiger charge is -2.07. The van der Waals surface area contributed by atoms with Gasteiger partial charge >= 0.3 is 0 Å². The van der Waals surface area contributed by atoms with E-state index in [2.05, 4.69) is 38.3 Å². The topological polar surface area (TPSA) is 42.7 Å². The minimum Gasteiger partial charge on any atom is -0.370 e. The van der Waals surface area contributed by atoms with Crippen LogP contribution < -0.4 is 5.32 Å². The van der Waals surface area contributed by atoms with Gasteiger partial charge in [0.1, 0.15) is 5.82 Å². The molecule has 2 aromatic rings. The Kier molecular flexibility index (Phi) is 4.14. The standard InChI is InChI=1S/C12H15BrN4/c1-10-8-12(15-9-11(10)13)14-4-2-6-17-7-3-5-16-17/h3,5,7-9H,2,4,6H2,1H3,(H,14,15). The van der Waals surface area contributed by atoms with Gasteiger partial charge in [0.2, 0.25) is 0 Å². The normalized spacial score (nSPS) is 10.5. The van der Waals surface area contributed by atoms with Gasteiger partial charge in [-0.15, -0.1) is 0 Å². The minimum atomic E-state index is 0.897. The van der Waals surface area contributed by atoms with Gasteiger partial charge in [0.05, 0.1) is 0 Å². The average Bonchev–Trinajstić information content (AvgIpc) is 2.82. The van der Waals surface area contributed by atoms with Crippen LogP contribution in [0.5, 0.6) is 0 Å². The van der Waals surface area contributed by atoms with Gasteiger partial charge in [0, 0.05) is 36.2 Å². The van der Waals surface area contributed by atoms with Crippen molar-refractivity contribution in [2.45, 2.75) is 19.9 Å². The number of pyridine rings is 1. The Balaban J connectivity index is 1.76. The number of aryl methyl sites for hydroxylation is 2. The third-order valence-electron chi connectivity index (χ3n) is 2.48. The summed E-state index contributed by atoms with van der Waals surface area (Å²) >= 11 is 3.44. The fourth-order valence-electron chi connectivity index (χ4n) is 1.53. The van der Waals surface area contributed by atoms with Crippen molar-refractivity contribution >= 4 is 21.7 Å². The maximum absolute atomic E-state index is 4.29. The predicted molar refractivity (Wildman–Crippen MR) is 72.0 cm³/mol. The van der Waals surface area contributed by atoms with Gasteiger partial charge in [0.15, 0.2) is 0 Å². The lowest BCUT2D eigenvalue weighted by atomic mass is 10.3. The number of rotatable bonds is 5. The Morgan fingerprint density at radius 2 is 2.35 bits per heavy atom. The summed E-state index contributed by atoms with van der Waals surface area (Å²) in [5.74, 6) is 0.922. The van der Waals surface area contributed by atoms with Crippen molar-refractivity contribution in [3.63, 3.8) is 0 Å². The zero-order chi connectivity index (χ0) is 12.1. The summed E-state index contributed by atoms with van der Waals surface area (Å²) in [5.41, 5.74) is 1.19. The quantitative estimate of drug-likeness (QED) is 0.863. The molecule has 0 amide bonds. The monoisotopic (exact) mass is 294 g/mol. The fraction of sp³-hybridized carbons (Fsp3) is 0.333. The highest BCUT2D eigenvalue weighted by Crippen LogP contribution is 2.16. The van der Waals surface area contributed by atoms with Crippen molar-refractivity contribution in [1.29, 1.82) is 0 Å². The molecule has 0 aromatic carbocycles. The van der Waals surface area contributed by atoms with E-state index in [0.717, 1.165) is 29.8 Å². The summed E-state index contributed by atoms with van der Waals surface area (Å²) in [5, 5.41) is 7.46. The highest BCUT2D eigenvalue weighted by Gasteiger charge is 1.98. The Morgan fingerprint density at radius 1 is 1.47 bits per heavy atom. The second kappa shape index (κ2) is 5.82. The van der Waals surface area contributed by atoms with Crippen LogP contribution in [-0.2, 0) is 6.54 Å². The van der Waals surface area contributed by atoms with Crippen LogP contribution in [0.1, 0.15) is 12.0 Å². The summed E-state index contributed by atoms with van der Waals surface area (Å²) < 4.78 is 2.97. The molecule has 0 bridgehead atoms. The molecule has 2 aromatic heterocycles. The lowest BCUT2D eigenvalue weighted by molar-refractivity contribution is 0.591. The third-order valence-corrected chi connectivity index (χ3v) is 3.31. The first kappa shape index (κ1) is 12.1. The summed E-state index contributed by atoms with van der Waals surface area (Å²) in [7, 11) is 0. The first-order valence-electron chi connectivity index (χ1n) is 5.59. The summed E-state index contributed by atoms with van der Waals surface area (Å²) in [6.45, 7) is 3.88. The maximum Gasteiger partial charge on any atom is 0.126 e. The molecule has 2 rings (SSSR count). The molecule has 4 nitrogen and oxygen atoms in total. The number of nitrogens with zero attached hydrogens (tertiary/aromatic N) is 3. The van der Waals surface area contributed by atoms with Crippen LogP contribution in [0, 0.1) is 6.92 Å². The molecule has 0 spiro atoms. The molecular weight excluding hydrogens is 280 g/mol. The van der Waals surface area contributed by atoms with Gasteiger partial charge in [-0.25, -0.2) is 4.98 Å². The van der Waals surface area contributed by atoms with Crippen LogP contribution in [-0.4, -0.2) is 21.3 Å². The molecule has 90 valence electrons. The van der Waals surface area contributed by atoms with E-state index in [1.807, 2.05) is 29.2 Å². The molecule has 0 fully saturated rings. The van der Waals surface area contributed by atoms with E-state index in [-0.39, 0.29) is 0 Å².